The molecule has 21 heavy (non-hydrogen) atoms. The van der Waals surface area contributed by atoms with Gasteiger partial charge in [-0.25, -0.2) is 13.4 Å². The molecule has 9 heteroatoms. The lowest BCUT2D eigenvalue weighted by atomic mass is 10.2. The summed E-state index contributed by atoms with van der Waals surface area (Å²) in [6.07, 6.45) is -3.54. The minimum absolute atomic E-state index is 0.0132. The average Bonchev–Trinajstić information content (AvgIpc) is 2.37. The zero-order valence-corrected chi connectivity index (χ0v) is 11.8. The largest absolute Gasteiger partial charge is 0.417 e. The molecule has 2 rings (SSSR count). The van der Waals surface area contributed by atoms with Gasteiger partial charge in [0.05, 0.1) is 16.1 Å². The summed E-state index contributed by atoms with van der Waals surface area (Å²) >= 11 is 5.60. The first kappa shape index (κ1) is 15.6. The molecule has 2 aromatic rings. The second-order valence-electron chi connectivity index (χ2n) is 3.97. The molecule has 0 spiro atoms. The molecule has 1 aromatic carbocycles. The average molecular weight is 337 g/mol. The van der Waals surface area contributed by atoms with Gasteiger partial charge < -0.3 is 0 Å². The lowest BCUT2D eigenvalue weighted by molar-refractivity contribution is -0.139. The van der Waals surface area contributed by atoms with Crippen LogP contribution in [0, 0.1) is 0 Å². The first-order chi connectivity index (χ1) is 9.70. The first-order valence-corrected chi connectivity index (χ1v) is 7.37. The van der Waals surface area contributed by atoms with Crippen molar-refractivity contribution in [2.75, 3.05) is 4.72 Å². The van der Waals surface area contributed by atoms with Gasteiger partial charge in [-0.05, 0) is 24.3 Å². The van der Waals surface area contributed by atoms with Crippen LogP contribution in [-0.2, 0) is 16.2 Å². The maximum Gasteiger partial charge on any atom is 0.417 e. The van der Waals surface area contributed by atoms with Crippen molar-refractivity contribution >= 4 is 27.3 Å². The monoisotopic (exact) mass is 336 g/mol. The smallest absolute Gasteiger partial charge is 0.279 e. The van der Waals surface area contributed by atoms with E-state index < -0.39 is 26.7 Å². The van der Waals surface area contributed by atoms with Crippen molar-refractivity contribution in [1.29, 1.82) is 0 Å². The Morgan fingerprint density at radius 1 is 1.14 bits per heavy atom. The van der Waals surface area contributed by atoms with Crippen molar-refractivity contribution in [3.05, 3.63) is 53.3 Å². The number of benzene rings is 1. The number of rotatable bonds is 3. The van der Waals surface area contributed by atoms with Crippen LogP contribution in [0.25, 0.3) is 0 Å². The molecule has 0 fully saturated rings. The van der Waals surface area contributed by atoms with Gasteiger partial charge in [0, 0.05) is 6.20 Å². The normalized spacial score (nSPS) is 12.2. The number of nitrogens with one attached hydrogen (secondary N) is 1. The van der Waals surface area contributed by atoms with Gasteiger partial charge in [-0.2, -0.15) is 13.2 Å². The highest BCUT2D eigenvalue weighted by Gasteiger charge is 2.36. The Hall–Kier alpha value is -1.80. The van der Waals surface area contributed by atoms with E-state index in [0.717, 1.165) is 12.1 Å². The van der Waals surface area contributed by atoms with E-state index in [-0.39, 0.29) is 10.8 Å². The van der Waals surface area contributed by atoms with E-state index in [4.69, 9.17) is 11.6 Å². The molecule has 0 amide bonds. The van der Waals surface area contributed by atoms with E-state index in [0.29, 0.717) is 6.07 Å². The van der Waals surface area contributed by atoms with E-state index >= 15 is 0 Å². The first-order valence-electron chi connectivity index (χ1n) is 5.51. The summed E-state index contributed by atoms with van der Waals surface area (Å²) in [5.41, 5.74) is -1.22. The molecule has 0 aliphatic heterocycles. The van der Waals surface area contributed by atoms with E-state index in [1.165, 1.54) is 24.4 Å². The zero-order valence-electron chi connectivity index (χ0n) is 10.2. The topological polar surface area (TPSA) is 59.1 Å². The maximum atomic E-state index is 12.9. The highest BCUT2D eigenvalue weighted by Crippen LogP contribution is 2.34. The third-order valence-corrected chi connectivity index (χ3v) is 4.11. The van der Waals surface area contributed by atoms with Gasteiger partial charge in [0.1, 0.15) is 5.15 Å². The van der Waals surface area contributed by atoms with Crippen LogP contribution in [0.2, 0.25) is 5.15 Å². The summed E-state index contributed by atoms with van der Waals surface area (Å²) in [4.78, 5) is 2.79. The molecule has 1 heterocycles. The van der Waals surface area contributed by atoms with Gasteiger partial charge >= 0.3 is 6.18 Å². The Morgan fingerprint density at radius 2 is 1.81 bits per heavy atom. The van der Waals surface area contributed by atoms with E-state index in [1.807, 2.05) is 4.72 Å². The lowest BCUT2D eigenvalue weighted by Crippen LogP contribution is -2.18. The fourth-order valence-corrected chi connectivity index (χ4v) is 3.06. The Balaban J connectivity index is 2.46. The SMILES string of the molecule is O=S(=O)(Nc1ccnc(Cl)c1)c1ccccc1C(F)(F)F. The minimum Gasteiger partial charge on any atom is -0.279 e. The lowest BCUT2D eigenvalue weighted by Gasteiger charge is -2.14. The molecule has 0 aliphatic rings. The van der Waals surface area contributed by atoms with Crippen molar-refractivity contribution in [1.82, 2.24) is 4.98 Å². The predicted molar refractivity (Wildman–Crippen MR) is 71.5 cm³/mol. The molecule has 0 atom stereocenters. The molecular formula is C12H8ClF3N2O2S. The molecule has 0 bridgehead atoms. The van der Waals surface area contributed by atoms with Crippen LogP contribution in [-0.4, -0.2) is 13.4 Å². The van der Waals surface area contributed by atoms with Gasteiger partial charge in [-0.1, -0.05) is 23.7 Å². The summed E-state index contributed by atoms with van der Waals surface area (Å²) in [5, 5.41) is 0.0132. The molecule has 0 saturated heterocycles. The highest BCUT2D eigenvalue weighted by molar-refractivity contribution is 7.92. The number of halogens is 4. The molecule has 0 saturated carbocycles. The van der Waals surface area contributed by atoms with Crippen LogP contribution in [0.1, 0.15) is 5.56 Å². The van der Waals surface area contributed by atoms with Crippen molar-refractivity contribution in [2.24, 2.45) is 0 Å². The molecule has 0 aliphatic carbocycles. The predicted octanol–water partition coefficient (Wildman–Crippen LogP) is 3.55. The van der Waals surface area contributed by atoms with Gasteiger partial charge in [-0.15, -0.1) is 0 Å². The molecule has 0 radical (unpaired) electrons. The fraction of sp³-hybridized carbons (Fsp3) is 0.0833. The minimum atomic E-state index is -4.78. The molecule has 1 N–H and O–H groups in total. The number of hydrogen-bond acceptors (Lipinski definition) is 3. The third-order valence-electron chi connectivity index (χ3n) is 2.46. The number of aromatic nitrogens is 1. The Bertz CT molecular complexity index is 763. The van der Waals surface area contributed by atoms with E-state index in [1.54, 1.807) is 0 Å². The Labute approximate surface area is 123 Å². The second kappa shape index (κ2) is 5.53. The number of hydrogen-bond donors (Lipinski definition) is 1. The number of sulfonamides is 1. The van der Waals surface area contributed by atoms with E-state index in [9.17, 15) is 21.6 Å². The molecule has 112 valence electrons. The number of pyridine rings is 1. The van der Waals surface area contributed by atoms with Crippen LogP contribution in [0.15, 0.2) is 47.5 Å². The Kier molecular flexibility index (Phi) is 4.11. The van der Waals surface area contributed by atoms with Gasteiger partial charge in [-0.3, -0.25) is 4.72 Å². The van der Waals surface area contributed by atoms with Gasteiger partial charge in [0.15, 0.2) is 0 Å². The summed E-state index contributed by atoms with van der Waals surface area (Å²) < 4.78 is 64.8. The second-order valence-corrected chi connectivity index (χ2v) is 6.00. The van der Waals surface area contributed by atoms with E-state index in [2.05, 4.69) is 4.98 Å². The number of alkyl halides is 3. The third kappa shape index (κ3) is 3.64. The molecular weight excluding hydrogens is 329 g/mol. The van der Waals surface area contributed by atoms with Crippen LogP contribution in [0.5, 0.6) is 0 Å². The summed E-state index contributed by atoms with van der Waals surface area (Å²) in [6.45, 7) is 0. The number of anilines is 1. The van der Waals surface area contributed by atoms with Crippen molar-refractivity contribution in [2.45, 2.75) is 11.1 Å². The zero-order chi connectivity index (χ0) is 15.7. The van der Waals surface area contributed by atoms with Crippen molar-refractivity contribution < 1.29 is 21.6 Å². The van der Waals surface area contributed by atoms with Gasteiger partial charge in [0.2, 0.25) is 0 Å². The van der Waals surface area contributed by atoms with Gasteiger partial charge in [0.25, 0.3) is 10.0 Å². The summed E-state index contributed by atoms with van der Waals surface area (Å²) in [5.74, 6) is 0. The molecule has 4 nitrogen and oxygen atoms in total. The van der Waals surface area contributed by atoms with Crippen molar-refractivity contribution in [3.8, 4) is 0 Å². The molecule has 1 aromatic heterocycles. The number of nitrogens with zero attached hydrogens (tertiary/aromatic N) is 1. The standard InChI is InChI=1S/C12H8ClF3N2O2S/c13-11-7-8(5-6-17-11)18-21(19,20)10-4-2-1-3-9(10)12(14,15)16/h1-7H,(H,17,18). The fourth-order valence-electron chi connectivity index (χ4n) is 1.61. The van der Waals surface area contributed by atoms with Crippen LogP contribution in [0.4, 0.5) is 18.9 Å². The quantitative estimate of drug-likeness (QED) is 0.872. The highest BCUT2D eigenvalue weighted by atomic mass is 35.5. The van der Waals surface area contributed by atoms with Crippen molar-refractivity contribution in [3.63, 3.8) is 0 Å². The van der Waals surface area contributed by atoms with Crippen LogP contribution < -0.4 is 4.72 Å². The maximum absolute atomic E-state index is 12.9. The van der Waals surface area contributed by atoms with Crippen LogP contribution in [0.3, 0.4) is 0 Å². The van der Waals surface area contributed by atoms with Crippen LogP contribution >= 0.6 is 11.6 Å². The summed E-state index contributed by atoms with van der Waals surface area (Å²) in [7, 11) is -4.40. The molecule has 0 unspecified atom stereocenters. The Morgan fingerprint density at radius 3 is 2.43 bits per heavy atom. The summed E-state index contributed by atoms with van der Waals surface area (Å²) in [6, 6.07) is 6.38.